The van der Waals surface area contributed by atoms with Gasteiger partial charge in [-0.05, 0) is 12.5 Å². The van der Waals surface area contributed by atoms with Gasteiger partial charge >= 0.3 is 0 Å². The van der Waals surface area contributed by atoms with E-state index in [1.165, 1.54) is 0 Å². The fourth-order valence-corrected chi connectivity index (χ4v) is 1.93. The molecule has 1 aromatic rings. The summed E-state index contributed by atoms with van der Waals surface area (Å²) in [6, 6.07) is 1.59. The quantitative estimate of drug-likeness (QED) is 0.831. The van der Waals surface area contributed by atoms with Crippen LogP contribution in [0.25, 0.3) is 0 Å². The number of hydrogen-bond acceptors (Lipinski definition) is 2. The lowest BCUT2D eigenvalue weighted by Crippen LogP contribution is -2.26. The third-order valence-electron chi connectivity index (χ3n) is 2.79. The van der Waals surface area contributed by atoms with Crippen molar-refractivity contribution in [2.24, 2.45) is 5.73 Å². The number of nitrogens with two attached hydrogens (primary N) is 1. The van der Waals surface area contributed by atoms with Crippen LogP contribution in [0.1, 0.15) is 12.0 Å². The summed E-state index contributed by atoms with van der Waals surface area (Å²) < 4.78 is 38.9. The van der Waals surface area contributed by atoms with E-state index in [-0.39, 0.29) is 30.6 Å². The van der Waals surface area contributed by atoms with Gasteiger partial charge in [0.2, 0.25) is 0 Å². The van der Waals surface area contributed by atoms with Crippen molar-refractivity contribution in [1.29, 1.82) is 0 Å². The molecule has 1 saturated heterocycles. The molecule has 0 saturated carbocycles. The van der Waals surface area contributed by atoms with Crippen molar-refractivity contribution >= 4 is 12.4 Å². The Labute approximate surface area is 104 Å². The molecule has 0 amide bonds. The molecule has 1 unspecified atom stereocenters. The van der Waals surface area contributed by atoms with E-state index in [1.54, 1.807) is 0 Å². The first kappa shape index (κ1) is 14.3. The Morgan fingerprint density at radius 1 is 1.18 bits per heavy atom. The standard InChI is InChI=1S/C11H13F3N2.ClH/c12-9-4-11(14)10(13)3-7(9)5-16-2-1-8(15)6-16;/h3-4,8H,1-2,5-6,15H2;1H. The fourth-order valence-electron chi connectivity index (χ4n) is 1.93. The largest absolute Gasteiger partial charge is 0.326 e. The van der Waals surface area contributed by atoms with Gasteiger partial charge in [0.15, 0.2) is 11.6 Å². The highest BCUT2D eigenvalue weighted by molar-refractivity contribution is 5.85. The minimum absolute atomic E-state index is 0. The van der Waals surface area contributed by atoms with Gasteiger partial charge in [-0.15, -0.1) is 12.4 Å². The van der Waals surface area contributed by atoms with Crippen molar-refractivity contribution in [3.63, 3.8) is 0 Å². The van der Waals surface area contributed by atoms with Gasteiger partial charge < -0.3 is 5.73 Å². The van der Waals surface area contributed by atoms with Crippen molar-refractivity contribution < 1.29 is 13.2 Å². The third-order valence-corrected chi connectivity index (χ3v) is 2.79. The Morgan fingerprint density at radius 2 is 1.82 bits per heavy atom. The monoisotopic (exact) mass is 266 g/mol. The summed E-state index contributed by atoms with van der Waals surface area (Å²) in [6.07, 6.45) is 0.852. The molecule has 1 aliphatic heterocycles. The number of halogens is 4. The van der Waals surface area contributed by atoms with Crippen LogP contribution in [0.4, 0.5) is 13.2 Å². The molecule has 96 valence electrons. The van der Waals surface area contributed by atoms with E-state index in [9.17, 15) is 13.2 Å². The van der Waals surface area contributed by atoms with Gasteiger partial charge in [-0.25, -0.2) is 13.2 Å². The van der Waals surface area contributed by atoms with Gasteiger partial charge in [0.25, 0.3) is 0 Å². The van der Waals surface area contributed by atoms with Crippen molar-refractivity contribution in [3.8, 4) is 0 Å². The third kappa shape index (κ3) is 3.34. The van der Waals surface area contributed by atoms with Crippen LogP contribution in [0.2, 0.25) is 0 Å². The lowest BCUT2D eigenvalue weighted by Gasteiger charge is -2.15. The van der Waals surface area contributed by atoms with Crippen molar-refractivity contribution in [2.75, 3.05) is 13.1 Å². The lowest BCUT2D eigenvalue weighted by molar-refractivity contribution is 0.319. The van der Waals surface area contributed by atoms with Gasteiger partial charge in [-0.3, -0.25) is 4.90 Å². The summed E-state index contributed by atoms with van der Waals surface area (Å²) in [4.78, 5) is 1.93. The zero-order valence-electron chi connectivity index (χ0n) is 9.13. The zero-order valence-corrected chi connectivity index (χ0v) is 9.94. The lowest BCUT2D eigenvalue weighted by atomic mass is 10.2. The van der Waals surface area contributed by atoms with Crippen molar-refractivity contribution in [3.05, 3.63) is 35.1 Å². The second-order valence-electron chi connectivity index (χ2n) is 4.14. The predicted octanol–water partition coefficient (Wildman–Crippen LogP) is 2.06. The Bertz CT molecular complexity index is 401. The van der Waals surface area contributed by atoms with E-state index in [4.69, 9.17) is 5.73 Å². The average molecular weight is 267 g/mol. The Balaban J connectivity index is 0.00000144. The molecule has 1 heterocycles. The number of rotatable bonds is 2. The minimum atomic E-state index is -1.15. The summed E-state index contributed by atoms with van der Waals surface area (Å²) in [5.41, 5.74) is 5.88. The maximum Gasteiger partial charge on any atom is 0.161 e. The summed E-state index contributed by atoms with van der Waals surface area (Å²) >= 11 is 0. The molecule has 2 nitrogen and oxygen atoms in total. The summed E-state index contributed by atoms with van der Waals surface area (Å²) in [6.45, 7) is 1.70. The second-order valence-corrected chi connectivity index (χ2v) is 4.14. The highest BCUT2D eigenvalue weighted by atomic mass is 35.5. The van der Waals surface area contributed by atoms with Gasteiger partial charge in [0, 0.05) is 37.3 Å². The van der Waals surface area contributed by atoms with Crippen LogP contribution < -0.4 is 5.73 Å². The van der Waals surface area contributed by atoms with Crippen LogP contribution in [0.5, 0.6) is 0 Å². The fraction of sp³-hybridized carbons (Fsp3) is 0.455. The van der Waals surface area contributed by atoms with Gasteiger partial charge in [-0.1, -0.05) is 0 Å². The first-order chi connectivity index (χ1) is 7.56. The van der Waals surface area contributed by atoms with E-state index >= 15 is 0 Å². The number of hydrogen-bond donors (Lipinski definition) is 1. The van der Waals surface area contributed by atoms with Crippen LogP contribution >= 0.6 is 12.4 Å². The van der Waals surface area contributed by atoms with Crippen LogP contribution in [-0.4, -0.2) is 24.0 Å². The Hall–Kier alpha value is -0.780. The molecule has 1 fully saturated rings. The molecule has 0 aliphatic carbocycles. The molecule has 0 radical (unpaired) electrons. The molecule has 0 aromatic heterocycles. The van der Waals surface area contributed by atoms with E-state index < -0.39 is 17.5 Å². The van der Waals surface area contributed by atoms with Crippen molar-refractivity contribution in [1.82, 2.24) is 4.90 Å². The molecular formula is C11H14ClF3N2. The molecule has 1 atom stereocenters. The Morgan fingerprint density at radius 3 is 2.41 bits per heavy atom. The zero-order chi connectivity index (χ0) is 11.7. The summed E-state index contributed by atoms with van der Waals surface area (Å²) in [7, 11) is 0. The first-order valence-electron chi connectivity index (χ1n) is 5.17. The molecule has 0 spiro atoms. The molecule has 1 aliphatic rings. The minimum Gasteiger partial charge on any atom is -0.326 e. The molecule has 1 aromatic carbocycles. The smallest absolute Gasteiger partial charge is 0.161 e. The predicted molar refractivity (Wildman–Crippen MR) is 61.4 cm³/mol. The van der Waals surface area contributed by atoms with E-state index in [0.29, 0.717) is 12.6 Å². The van der Waals surface area contributed by atoms with Crippen LogP contribution in [0, 0.1) is 17.5 Å². The van der Waals surface area contributed by atoms with E-state index in [0.717, 1.165) is 19.0 Å². The van der Waals surface area contributed by atoms with E-state index in [2.05, 4.69) is 0 Å². The average Bonchev–Trinajstić information content (AvgIpc) is 2.60. The topological polar surface area (TPSA) is 29.3 Å². The van der Waals surface area contributed by atoms with Gasteiger partial charge in [-0.2, -0.15) is 0 Å². The molecule has 6 heteroatoms. The Kier molecular flexibility index (Phi) is 4.80. The summed E-state index contributed by atoms with van der Waals surface area (Å²) in [5, 5.41) is 0. The summed E-state index contributed by atoms with van der Waals surface area (Å²) in [5.74, 6) is -2.88. The second kappa shape index (κ2) is 5.71. The normalized spacial score (nSPS) is 20.4. The SMILES string of the molecule is Cl.NC1CCN(Cc2cc(F)c(F)cc2F)C1. The number of likely N-dealkylation sites (tertiary alicyclic amines) is 1. The number of nitrogens with zero attached hydrogens (tertiary/aromatic N) is 1. The van der Waals surface area contributed by atoms with Gasteiger partial charge in [0.1, 0.15) is 5.82 Å². The van der Waals surface area contributed by atoms with E-state index in [1.807, 2.05) is 4.90 Å². The number of benzene rings is 1. The maximum absolute atomic E-state index is 13.3. The van der Waals surface area contributed by atoms with Gasteiger partial charge in [0.05, 0.1) is 0 Å². The molecule has 17 heavy (non-hydrogen) atoms. The van der Waals surface area contributed by atoms with Crippen LogP contribution in [-0.2, 0) is 6.54 Å². The highest BCUT2D eigenvalue weighted by Crippen LogP contribution is 2.18. The maximum atomic E-state index is 13.3. The van der Waals surface area contributed by atoms with Crippen LogP contribution in [0.15, 0.2) is 12.1 Å². The molecular weight excluding hydrogens is 253 g/mol. The first-order valence-corrected chi connectivity index (χ1v) is 5.17. The molecule has 2 N–H and O–H groups in total. The van der Waals surface area contributed by atoms with Crippen LogP contribution in [0.3, 0.4) is 0 Å². The molecule has 0 bridgehead atoms. The highest BCUT2D eigenvalue weighted by Gasteiger charge is 2.20. The van der Waals surface area contributed by atoms with Crippen molar-refractivity contribution in [2.45, 2.75) is 19.0 Å². The molecule has 2 rings (SSSR count).